The van der Waals surface area contributed by atoms with E-state index in [0.29, 0.717) is 11.5 Å². The highest BCUT2D eigenvalue weighted by Gasteiger charge is 2.27. The van der Waals surface area contributed by atoms with Crippen molar-refractivity contribution in [2.24, 2.45) is 4.99 Å². The van der Waals surface area contributed by atoms with Gasteiger partial charge in [0.25, 0.3) is 6.20 Å². The average molecular weight is 476 g/mol. The number of piperazine rings is 1. The molecule has 0 spiro atoms. The first-order valence-corrected chi connectivity index (χ1v) is 12.4. The molecule has 0 radical (unpaired) electrons. The Labute approximate surface area is 201 Å². The second-order valence-corrected chi connectivity index (χ2v) is 11.9. The number of phenols is 1. The molecule has 0 bridgehead atoms. The normalized spacial score (nSPS) is 16.5. The predicted octanol–water partition coefficient (Wildman–Crippen LogP) is 2.72. The number of aromatic nitrogens is 2. The fraction of sp³-hybridized carbons (Fsp3) is 0.625. The van der Waals surface area contributed by atoms with Crippen LogP contribution in [-0.2, 0) is 10.8 Å². The summed E-state index contributed by atoms with van der Waals surface area (Å²) in [6.07, 6.45) is 1.94. The van der Waals surface area contributed by atoms with Crippen LogP contribution in [0.2, 0.25) is 0 Å². The van der Waals surface area contributed by atoms with E-state index < -0.39 is 0 Å². The number of aromatic hydroxyl groups is 1. The van der Waals surface area contributed by atoms with Crippen LogP contribution in [0.3, 0.4) is 0 Å². The molecule has 9 heteroatoms. The monoisotopic (exact) mass is 475 g/mol. The van der Waals surface area contributed by atoms with Crippen LogP contribution in [0.25, 0.3) is 0 Å². The van der Waals surface area contributed by atoms with Crippen molar-refractivity contribution < 1.29 is 19.5 Å². The van der Waals surface area contributed by atoms with Gasteiger partial charge in [0.05, 0.1) is 17.9 Å². The Morgan fingerprint density at radius 3 is 2.24 bits per heavy atom. The largest absolute Gasteiger partial charge is 0.862 e. The number of thioether (sulfide) groups is 1. The van der Waals surface area contributed by atoms with Crippen molar-refractivity contribution in [1.82, 2.24) is 10.2 Å². The fourth-order valence-electron chi connectivity index (χ4n) is 3.68. The minimum atomic E-state index is -0.241. The summed E-state index contributed by atoms with van der Waals surface area (Å²) < 4.78 is 5.24. The predicted molar refractivity (Wildman–Crippen MR) is 130 cm³/mol. The van der Waals surface area contributed by atoms with Crippen LogP contribution < -0.4 is 14.9 Å². The third-order valence-electron chi connectivity index (χ3n) is 5.73. The number of benzene rings is 1. The molecule has 1 aliphatic rings. The van der Waals surface area contributed by atoms with Crippen LogP contribution in [0, 0.1) is 0 Å². The molecule has 0 unspecified atom stereocenters. The van der Waals surface area contributed by atoms with Gasteiger partial charge in [-0.2, -0.15) is 5.01 Å². The summed E-state index contributed by atoms with van der Waals surface area (Å²) in [5.74, 6) is 0.936. The highest BCUT2D eigenvalue weighted by atomic mass is 32.2. The Balaban J connectivity index is 1.65. The first-order chi connectivity index (χ1) is 15.3. The molecule has 0 atom stereocenters. The highest BCUT2D eigenvalue weighted by molar-refractivity contribution is 7.99. The highest BCUT2D eigenvalue weighted by Crippen LogP contribution is 2.41. The maximum atomic E-state index is 12.4. The summed E-state index contributed by atoms with van der Waals surface area (Å²) in [7, 11) is 2.09. The maximum Gasteiger partial charge on any atom is 0.324 e. The molecule has 182 valence electrons. The minimum Gasteiger partial charge on any atom is -0.862 e. The lowest BCUT2D eigenvalue weighted by atomic mass is 9.79. The summed E-state index contributed by atoms with van der Waals surface area (Å²) >= 11 is 1.60. The van der Waals surface area contributed by atoms with Crippen LogP contribution in [0.5, 0.6) is 5.75 Å². The van der Waals surface area contributed by atoms with Gasteiger partial charge in [-0.1, -0.05) is 41.5 Å². The Morgan fingerprint density at radius 2 is 1.70 bits per heavy atom. The second kappa shape index (κ2) is 9.93. The number of phenolic OH excluding ortho intramolecular Hbond substituents is 1. The fourth-order valence-corrected chi connectivity index (χ4v) is 4.60. The molecule has 0 aliphatic carbocycles. The summed E-state index contributed by atoms with van der Waals surface area (Å²) in [6.45, 7) is 16.2. The molecular formula is C24H37N5O3S. The van der Waals surface area contributed by atoms with E-state index in [9.17, 15) is 10.2 Å². The van der Waals surface area contributed by atoms with Gasteiger partial charge in [0.15, 0.2) is 0 Å². The third-order valence-corrected chi connectivity index (χ3v) is 6.71. The van der Waals surface area contributed by atoms with Crippen molar-refractivity contribution >= 4 is 23.5 Å². The molecule has 8 nitrogen and oxygen atoms in total. The van der Waals surface area contributed by atoms with E-state index in [1.165, 1.54) is 0 Å². The molecule has 0 saturated carbocycles. The van der Waals surface area contributed by atoms with Gasteiger partial charge in [0.2, 0.25) is 5.27 Å². The van der Waals surface area contributed by atoms with Crippen LogP contribution >= 0.6 is 11.8 Å². The Bertz CT molecular complexity index is 948. The van der Waals surface area contributed by atoms with E-state index in [0.717, 1.165) is 42.2 Å². The van der Waals surface area contributed by atoms with Crippen molar-refractivity contribution in [2.45, 2.75) is 63.7 Å². The van der Waals surface area contributed by atoms with E-state index in [2.05, 4.69) is 68.8 Å². The molecule has 1 aromatic heterocycles. The quantitative estimate of drug-likeness (QED) is 0.297. The maximum absolute atomic E-state index is 12.4. The zero-order valence-electron chi connectivity index (χ0n) is 20.9. The zero-order chi connectivity index (χ0) is 24.4. The van der Waals surface area contributed by atoms with Gasteiger partial charge in [-0.15, -0.1) is 11.8 Å². The Kier molecular flexibility index (Phi) is 7.63. The molecule has 0 amide bonds. The smallest absolute Gasteiger partial charge is 0.324 e. The van der Waals surface area contributed by atoms with Gasteiger partial charge in [-0.05, 0) is 42.3 Å². The summed E-state index contributed by atoms with van der Waals surface area (Å²) in [5, 5.41) is 29.3. The number of hydrogen-bond donors (Lipinski definition) is 1. The number of aliphatic imine (C=N–C) groups is 1. The van der Waals surface area contributed by atoms with Gasteiger partial charge in [0, 0.05) is 34.9 Å². The van der Waals surface area contributed by atoms with Crippen molar-refractivity contribution in [3.8, 4) is 5.75 Å². The standard InChI is InChI=1S/C24H37N5O3S/c1-23(2,3)18-14-17(15-19(22(18)31)24(4,5)6)33-13-8-20(30)25-21-16-29(26-32-21)28-11-9-27(7)10-12-28/h14-16H,8-13H2,1-7H3,(H-,25,26,30,31). The number of hydrogen-bond acceptors (Lipinski definition) is 8. The van der Waals surface area contributed by atoms with Crippen molar-refractivity contribution in [2.75, 3.05) is 44.0 Å². The molecule has 1 N–H and O–H groups in total. The number of likely N-dealkylation sites (N-methyl/N-ethyl adjacent to an activating group) is 1. The first kappa shape index (κ1) is 25.4. The molecular weight excluding hydrogens is 438 g/mol. The van der Waals surface area contributed by atoms with E-state index in [4.69, 9.17) is 4.52 Å². The van der Waals surface area contributed by atoms with Gasteiger partial charge in [-0.25, -0.2) is 4.99 Å². The zero-order valence-corrected chi connectivity index (χ0v) is 21.7. The summed E-state index contributed by atoms with van der Waals surface area (Å²) in [6, 6.07) is 4.07. The van der Waals surface area contributed by atoms with Crippen molar-refractivity contribution in [1.29, 1.82) is 0 Å². The average Bonchev–Trinajstić information content (AvgIpc) is 3.16. The van der Waals surface area contributed by atoms with Gasteiger partial charge >= 0.3 is 5.88 Å². The van der Waals surface area contributed by atoms with E-state index >= 15 is 0 Å². The van der Waals surface area contributed by atoms with Crippen LogP contribution in [0.4, 0.5) is 5.88 Å². The van der Waals surface area contributed by atoms with Crippen LogP contribution in [0.15, 0.2) is 32.7 Å². The van der Waals surface area contributed by atoms with Crippen molar-refractivity contribution in [3.63, 3.8) is 0 Å². The topological polar surface area (TPSA) is 92.0 Å². The number of rotatable bonds is 6. The van der Waals surface area contributed by atoms with Gasteiger partial charge in [0.1, 0.15) is 5.75 Å². The first-order valence-electron chi connectivity index (χ1n) is 11.4. The van der Waals surface area contributed by atoms with E-state index in [1.54, 1.807) is 22.7 Å². The van der Waals surface area contributed by atoms with Crippen LogP contribution in [-0.4, -0.2) is 60.2 Å². The Morgan fingerprint density at radius 1 is 1.12 bits per heavy atom. The van der Waals surface area contributed by atoms with Crippen LogP contribution in [0.1, 0.15) is 59.1 Å². The molecule has 2 heterocycles. The molecule has 1 aliphatic heterocycles. The molecule has 1 aromatic carbocycles. The molecule has 1 saturated heterocycles. The SMILES string of the molecule is CN1CCN([n+]2cc(N=C([O-])CCSc3cc(C(C)(C)C)c(O)c(C(C)(C)C)c3)on2)CC1. The lowest BCUT2D eigenvalue weighted by Gasteiger charge is -2.28. The summed E-state index contributed by atoms with van der Waals surface area (Å²) in [5.41, 5.74) is 1.47. The lowest BCUT2D eigenvalue weighted by molar-refractivity contribution is -0.759. The van der Waals surface area contributed by atoms with E-state index in [1.807, 2.05) is 12.1 Å². The second-order valence-electron chi connectivity index (χ2n) is 10.7. The third kappa shape index (κ3) is 6.63. The van der Waals surface area contributed by atoms with Gasteiger partial charge < -0.3 is 15.1 Å². The minimum absolute atomic E-state index is 0.183. The summed E-state index contributed by atoms with van der Waals surface area (Å²) in [4.78, 5) is 9.00. The lowest BCUT2D eigenvalue weighted by Crippen LogP contribution is -2.64. The van der Waals surface area contributed by atoms with E-state index in [-0.39, 0.29) is 29.0 Å². The van der Waals surface area contributed by atoms with Crippen molar-refractivity contribution in [3.05, 3.63) is 29.5 Å². The molecule has 2 aromatic rings. The molecule has 1 fully saturated rings. The Hall–Kier alpha value is -2.26. The molecule has 3 rings (SSSR count). The number of nitrogens with zero attached hydrogens (tertiary/aromatic N) is 5. The molecule has 33 heavy (non-hydrogen) atoms. The van der Waals surface area contributed by atoms with Gasteiger partial charge in [-0.3, -0.25) is 4.52 Å².